The summed E-state index contributed by atoms with van der Waals surface area (Å²) in [6, 6.07) is 1.27. The lowest BCUT2D eigenvalue weighted by Gasteiger charge is -1.96. The van der Waals surface area contributed by atoms with Crippen LogP contribution in [0, 0.1) is 12.7 Å². The van der Waals surface area contributed by atoms with Crippen LogP contribution in [0.3, 0.4) is 0 Å². The fraction of sp³-hybridized carbons (Fsp3) is 0.125. The summed E-state index contributed by atoms with van der Waals surface area (Å²) in [4.78, 5) is 3.99. The minimum absolute atomic E-state index is 0.321. The Labute approximate surface area is 68.6 Å². The van der Waals surface area contributed by atoms with E-state index in [0.29, 0.717) is 11.3 Å². The van der Waals surface area contributed by atoms with Crippen LogP contribution in [-0.2, 0) is 0 Å². The average Bonchev–Trinajstić information content (AvgIpc) is 2.29. The summed E-state index contributed by atoms with van der Waals surface area (Å²) in [5, 5.41) is 0. The predicted molar refractivity (Wildman–Crippen MR) is 44.3 cm³/mol. The van der Waals surface area contributed by atoms with Gasteiger partial charge < -0.3 is 10.1 Å². The molecule has 2 aromatic heterocycles. The first-order valence-corrected chi connectivity index (χ1v) is 3.57. The Morgan fingerprint density at radius 1 is 1.50 bits per heavy atom. The summed E-state index contributed by atoms with van der Waals surface area (Å²) in [5.41, 5.74) is 6.94. The van der Waals surface area contributed by atoms with Gasteiger partial charge in [-0.05, 0) is 6.92 Å². The molecular weight excluding hydrogens is 157 g/mol. The van der Waals surface area contributed by atoms with E-state index in [1.165, 1.54) is 6.07 Å². The molecule has 3 nitrogen and oxygen atoms in total. The summed E-state index contributed by atoms with van der Waals surface area (Å²) in [7, 11) is 0. The second-order valence-electron chi connectivity index (χ2n) is 2.73. The molecule has 62 valence electrons. The normalized spacial score (nSPS) is 10.8. The third kappa shape index (κ3) is 0.922. The molecule has 0 atom stereocenters. The summed E-state index contributed by atoms with van der Waals surface area (Å²) in [6.07, 6.45) is 3.37. The maximum atomic E-state index is 13.1. The van der Waals surface area contributed by atoms with Gasteiger partial charge in [-0.1, -0.05) is 0 Å². The zero-order chi connectivity index (χ0) is 8.72. The fourth-order valence-electron chi connectivity index (χ4n) is 1.20. The summed E-state index contributed by atoms with van der Waals surface area (Å²) in [6.45, 7) is 1.81. The van der Waals surface area contributed by atoms with Crippen LogP contribution in [0.15, 0.2) is 18.5 Å². The molecule has 0 radical (unpaired) electrons. The van der Waals surface area contributed by atoms with Crippen molar-refractivity contribution in [2.24, 2.45) is 0 Å². The van der Waals surface area contributed by atoms with Crippen molar-refractivity contribution >= 4 is 11.3 Å². The highest BCUT2D eigenvalue weighted by Crippen LogP contribution is 2.12. The molecule has 0 aliphatic heterocycles. The van der Waals surface area contributed by atoms with Gasteiger partial charge in [0.05, 0.1) is 11.4 Å². The van der Waals surface area contributed by atoms with Crippen molar-refractivity contribution in [2.45, 2.75) is 6.92 Å². The molecule has 2 heterocycles. The SMILES string of the molecule is Cc1cn2cc(N)cc(F)c2n1. The molecule has 0 spiro atoms. The molecule has 0 saturated carbocycles. The van der Waals surface area contributed by atoms with Gasteiger partial charge in [0.1, 0.15) is 0 Å². The number of nitrogens with two attached hydrogens (primary N) is 1. The number of pyridine rings is 1. The van der Waals surface area contributed by atoms with Crippen LogP contribution in [0.2, 0.25) is 0 Å². The maximum Gasteiger partial charge on any atom is 0.173 e. The molecule has 0 bridgehead atoms. The smallest absolute Gasteiger partial charge is 0.173 e. The van der Waals surface area contributed by atoms with Gasteiger partial charge in [-0.2, -0.15) is 0 Å². The average molecular weight is 165 g/mol. The molecule has 0 aliphatic carbocycles. The third-order valence-corrected chi connectivity index (χ3v) is 1.65. The molecule has 0 unspecified atom stereocenters. The molecule has 2 N–H and O–H groups in total. The Kier molecular flexibility index (Phi) is 1.30. The minimum atomic E-state index is -0.386. The predicted octanol–water partition coefficient (Wildman–Crippen LogP) is 1.36. The topological polar surface area (TPSA) is 43.3 Å². The van der Waals surface area contributed by atoms with E-state index < -0.39 is 0 Å². The van der Waals surface area contributed by atoms with E-state index >= 15 is 0 Å². The number of aromatic nitrogens is 2. The van der Waals surface area contributed by atoms with E-state index in [9.17, 15) is 4.39 Å². The standard InChI is InChI=1S/C8H8FN3/c1-5-3-12-4-6(10)2-7(9)8(12)11-5/h2-4H,10H2,1H3. The van der Waals surface area contributed by atoms with Crippen LogP contribution in [0.25, 0.3) is 5.65 Å². The van der Waals surface area contributed by atoms with Gasteiger partial charge in [-0.25, -0.2) is 9.37 Å². The molecule has 12 heavy (non-hydrogen) atoms. The Morgan fingerprint density at radius 2 is 2.25 bits per heavy atom. The van der Waals surface area contributed by atoms with Gasteiger partial charge in [0, 0.05) is 18.5 Å². The van der Waals surface area contributed by atoms with E-state index in [2.05, 4.69) is 4.98 Å². The van der Waals surface area contributed by atoms with E-state index in [4.69, 9.17) is 5.73 Å². The van der Waals surface area contributed by atoms with Gasteiger partial charge >= 0.3 is 0 Å². The van der Waals surface area contributed by atoms with Crippen LogP contribution < -0.4 is 5.73 Å². The second-order valence-corrected chi connectivity index (χ2v) is 2.73. The molecule has 0 aliphatic rings. The first-order valence-electron chi connectivity index (χ1n) is 3.57. The zero-order valence-electron chi connectivity index (χ0n) is 6.58. The van der Waals surface area contributed by atoms with Crippen molar-refractivity contribution in [1.82, 2.24) is 9.38 Å². The minimum Gasteiger partial charge on any atom is -0.397 e. The third-order valence-electron chi connectivity index (χ3n) is 1.65. The molecule has 2 rings (SSSR count). The number of nitrogens with zero attached hydrogens (tertiary/aromatic N) is 2. The fourth-order valence-corrected chi connectivity index (χ4v) is 1.20. The molecule has 0 aromatic carbocycles. The number of aryl methyl sites for hydroxylation is 1. The van der Waals surface area contributed by atoms with Crippen molar-refractivity contribution in [2.75, 3.05) is 5.73 Å². The van der Waals surface area contributed by atoms with Gasteiger partial charge in [0.2, 0.25) is 0 Å². The van der Waals surface area contributed by atoms with Crippen LogP contribution in [0.5, 0.6) is 0 Å². The molecule has 0 fully saturated rings. The Hall–Kier alpha value is -1.58. The molecule has 4 heteroatoms. The number of fused-ring (bicyclic) bond motifs is 1. The zero-order valence-corrected chi connectivity index (χ0v) is 6.58. The van der Waals surface area contributed by atoms with E-state index in [-0.39, 0.29) is 5.82 Å². The van der Waals surface area contributed by atoms with Gasteiger partial charge in [0.25, 0.3) is 0 Å². The lowest BCUT2D eigenvalue weighted by atomic mass is 10.4. The van der Waals surface area contributed by atoms with Crippen molar-refractivity contribution in [3.05, 3.63) is 30.0 Å². The number of hydrogen-bond donors (Lipinski definition) is 1. The highest BCUT2D eigenvalue weighted by Gasteiger charge is 2.04. The first-order chi connectivity index (χ1) is 5.66. The van der Waals surface area contributed by atoms with Crippen molar-refractivity contribution < 1.29 is 4.39 Å². The van der Waals surface area contributed by atoms with Crippen LogP contribution in [0.1, 0.15) is 5.69 Å². The number of rotatable bonds is 0. The van der Waals surface area contributed by atoms with Crippen LogP contribution >= 0.6 is 0 Å². The number of imidazole rings is 1. The van der Waals surface area contributed by atoms with E-state index in [0.717, 1.165) is 5.69 Å². The van der Waals surface area contributed by atoms with Gasteiger partial charge in [-0.3, -0.25) is 0 Å². The van der Waals surface area contributed by atoms with Crippen molar-refractivity contribution in [1.29, 1.82) is 0 Å². The molecular formula is C8H8FN3. The van der Waals surface area contributed by atoms with Crippen molar-refractivity contribution in [3.8, 4) is 0 Å². The highest BCUT2D eigenvalue weighted by molar-refractivity contribution is 5.49. The molecule has 2 aromatic rings. The number of anilines is 1. The van der Waals surface area contributed by atoms with E-state index in [1.54, 1.807) is 16.8 Å². The highest BCUT2D eigenvalue weighted by atomic mass is 19.1. The number of hydrogen-bond acceptors (Lipinski definition) is 2. The number of nitrogen functional groups attached to an aromatic ring is 1. The quantitative estimate of drug-likeness (QED) is 0.640. The lowest BCUT2D eigenvalue weighted by Crippen LogP contribution is -1.92. The van der Waals surface area contributed by atoms with Crippen LogP contribution in [-0.4, -0.2) is 9.38 Å². The summed E-state index contributed by atoms with van der Waals surface area (Å²) >= 11 is 0. The van der Waals surface area contributed by atoms with E-state index in [1.807, 2.05) is 6.92 Å². The Morgan fingerprint density at radius 3 is 3.00 bits per heavy atom. The van der Waals surface area contributed by atoms with Crippen molar-refractivity contribution in [3.63, 3.8) is 0 Å². The Bertz CT molecular complexity index is 433. The summed E-state index contributed by atoms with van der Waals surface area (Å²) < 4.78 is 14.7. The Balaban J connectivity index is 2.88. The molecule has 0 amide bonds. The summed E-state index contributed by atoms with van der Waals surface area (Å²) in [5.74, 6) is -0.386. The number of halogens is 1. The monoisotopic (exact) mass is 165 g/mol. The van der Waals surface area contributed by atoms with Crippen LogP contribution in [0.4, 0.5) is 10.1 Å². The second kappa shape index (κ2) is 2.20. The lowest BCUT2D eigenvalue weighted by molar-refractivity contribution is 0.630. The van der Waals surface area contributed by atoms with Gasteiger partial charge in [0.15, 0.2) is 11.5 Å². The largest absolute Gasteiger partial charge is 0.397 e. The maximum absolute atomic E-state index is 13.1. The van der Waals surface area contributed by atoms with Gasteiger partial charge in [-0.15, -0.1) is 0 Å². The molecule has 0 saturated heterocycles. The first kappa shape index (κ1) is 7.09.